The van der Waals surface area contributed by atoms with Crippen LogP contribution in [0.5, 0.6) is 0 Å². The molecule has 0 aliphatic heterocycles. The van der Waals surface area contributed by atoms with Crippen LogP contribution >= 0.6 is 11.6 Å². The number of hydrogen-bond donors (Lipinski definition) is 1. The van der Waals surface area contributed by atoms with Gasteiger partial charge in [0.05, 0.1) is 5.69 Å². The molecule has 0 amide bonds. The molecule has 28 heavy (non-hydrogen) atoms. The Morgan fingerprint density at radius 3 is 2.82 bits per heavy atom. The first-order valence-corrected chi connectivity index (χ1v) is 8.90. The van der Waals surface area contributed by atoms with Crippen molar-refractivity contribution in [3.8, 4) is 17.3 Å². The molecule has 0 bridgehead atoms. The smallest absolute Gasteiger partial charge is 0.169 e. The van der Waals surface area contributed by atoms with Crippen LogP contribution in [-0.2, 0) is 6.42 Å². The molecule has 0 spiro atoms. The standard InChI is InChI=1S/C21H14ClFN4O/c22-12-5-7-16-20(9-12)28-27-21(16)15-4-2-1-3-14(15)18(25)10-19-17(23)8-6-13(11-24)26-19/h1-9,18H,10,25H2/t18-/m0/s1. The first kappa shape index (κ1) is 18.1. The first-order valence-electron chi connectivity index (χ1n) is 8.52. The van der Waals surface area contributed by atoms with E-state index in [-0.39, 0.29) is 17.8 Å². The third-order valence-corrected chi connectivity index (χ3v) is 4.73. The van der Waals surface area contributed by atoms with E-state index in [0.29, 0.717) is 16.3 Å². The number of aromatic nitrogens is 2. The lowest BCUT2D eigenvalue weighted by Gasteiger charge is -2.16. The van der Waals surface area contributed by atoms with Gasteiger partial charge < -0.3 is 10.3 Å². The van der Waals surface area contributed by atoms with Crippen molar-refractivity contribution in [3.63, 3.8) is 0 Å². The van der Waals surface area contributed by atoms with Gasteiger partial charge in [-0.2, -0.15) is 5.26 Å². The summed E-state index contributed by atoms with van der Waals surface area (Å²) < 4.78 is 19.5. The lowest BCUT2D eigenvalue weighted by atomic mass is 9.94. The van der Waals surface area contributed by atoms with Crippen LogP contribution in [0, 0.1) is 17.1 Å². The molecule has 0 radical (unpaired) electrons. The third kappa shape index (κ3) is 3.33. The van der Waals surface area contributed by atoms with Crippen LogP contribution in [-0.4, -0.2) is 10.1 Å². The number of nitrogens with zero attached hydrogens (tertiary/aromatic N) is 3. The fourth-order valence-corrected chi connectivity index (χ4v) is 3.31. The van der Waals surface area contributed by atoms with Gasteiger partial charge in [0, 0.05) is 34.5 Å². The van der Waals surface area contributed by atoms with Crippen molar-refractivity contribution in [2.75, 3.05) is 0 Å². The Morgan fingerprint density at radius 2 is 2.00 bits per heavy atom. The van der Waals surface area contributed by atoms with E-state index in [4.69, 9.17) is 27.1 Å². The minimum absolute atomic E-state index is 0.139. The van der Waals surface area contributed by atoms with Gasteiger partial charge >= 0.3 is 0 Å². The molecule has 2 aromatic carbocycles. The summed E-state index contributed by atoms with van der Waals surface area (Å²) in [6, 6.07) is 16.7. The zero-order valence-electron chi connectivity index (χ0n) is 14.6. The largest absolute Gasteiger partial charge is 0.356 e. The molecule has 7 heteroatoms. The Balaban J connectivity index is 1.74. The maximum Gasteiger partial charge on any atom is 0.169 e. The molecular weight excluding hydrogens is 379 g/mol. The van der Waals surface area contributed by atoms with E-state index < -0.39 is 11.9 Å². The summed E-state index contributed by atoms with van der Waals surface area (Å²) in [4.78, 5) is 4.04. The van der Waals surface area contributed by atoms with E-state index in [9.17, 15) is 4.39 Å². The van der Waals surface area contributed by atoms with Crippen LogP contribution in [0.2, 0.25) is 5.02 Å². The van der Waals surface area contributed by atoms with E-state index in [2.05, 4.69) is 10.1 Å². The van der Waals surface area contributed by atoms with Gasteiger partial charge in [-0.25, -0.2) is 9.37 Å². The van der Waals surface area contributed by atoms with Crippen molar-refractivity contribution < 1.29 is 8.91 Å². The number of fused-ring (bicyclic) bond motifs is 1. The number of hydrogen-bond acceptors (Lipinski definition) is 5. The molecule has 2 heterocycles. The van der Waals surface area contributed by atoms with Gasteiger partial charge in [-0.1, -0.05) is 41.0 Å². The predicted octanol–water partition coefficient (Wildman–Crippen LogP) is 4.80. The number of rotatable bonds is 4. The van der Waals surface area contributed by atoms with E-state index in [1.807, 2.05) is 36.4 Å². The lowest BCUT2D eigenvalue weighted by molar-refractivity contribution is 0.459. The number of nitriles is 1. The van der Waals surface area contributed by atoms with Crippen LogP contribution in [0.4, 0.5) is 4.39 Å². The number of pyridine rings is 1. The molecule has 0 unspecified atom stereocenters. The van der Waals surface area contributed by atoms with Crippen molar-refractivity contribution in [1.82, 2.24) is 10.1 Å². The highest BCUT2D eigenvalue weighted by molar-refractivity contribution is 6.31. The molecule has 0 fully saturated rings. The van der Waals surface area contributed by atoms with Gasteiger partial charge in [0.1, 0.15) is 23.3 Å². The Kier molecular flexibility index (Phi) is 4.78. The van der Waals surface area contributed by atoms with E-state index in [1.54, 1.807) is 12.1 Å². The highest BCUT2D eigenvalue weighted by Crippen LogP contribution is 2.34. The number of halogens is 2. The van der Waals surface area contributed by atoms with Crippen molar-refractivity contribution in [1.29, 1.82) is 5.26 Å². The Morgan fingerprint density at radius 1 is 1.18 bits per heavy atom. The van der Waals surface area contributed by atoms with Crippen LogP contribution in [0.15, 0.2) is 59.1 Å². The van der Waals surface area contributed by atoms with Crippen molar-refractivity contribution in [2.24, 2.45) is 5.73 Å². The van der Waals surface area contributed by atoms with Crippen LogP contribution in [0.1, 0.15) is 23.0 Å². The second kappa shape index (κ2) is 7.39. The summed E-state index contributed by atoms with van der Waals surface area (Å²) in [5.74, 6) is -0.492. The lowest BCUT2D eigenvalue weighted by Crippen LogP contribution is -2.16. The summed E-state index contributed by atoms with van der Waals surface area (Å²) >= 11 is 6.01. The van der Waals surface area contributed by atoms with E-state index in [0.717, 1.165) is 16.5 Å². The summed E-state index contributed by atoms with van der Waals surface area (Å²) in [6.45, 7) is 0. The Hall–Kier alpha value is -3.27. The van der Waals surface area contributed by atoms with Gasteiger partial charge in [-0.3, -0.25) is 0 Å². The highest BCUT2D eigenvalue weighted by atomic mass is 35.5. The topological polar surface area (TPSA) is 88.7 Å². The van der Waals surface area contributed by atoms with Crippen LogP contribution in [0.25, 0.3) is 22.2 Å². The van der Waals surface area contributed by atoms with Crippen LogP contribution < -0.4 is 5.73 Å². The summed E-state index contributed by atoms with van der Waals surface area (Å²) in [5, 5.41) is 14.5. The van der Waals surface area contributed by atoms with Crippen LogP contribution in [0.3, 0.4) is 0 Å². The zero-order valence-corrected chi connectivity index (χ0v) is 15.3. The zero-order chi connectivity index (χ0) is 19.7. The molecule has 2 aromatic heterocycles. The van der Waals surface area contributed by atoms with E-state index >= 15 is 0 Å². The molecule has 4 aromatic rings. The Bertz CT molecular complexity index is 1210. The molecule has 1 atom stereocenters. The van der Waals surface area contributed by atoms with Crippen molar-refractivity contribution >= 4 is 22.6 Å². The first-order chi connectivity index (χ1) is 13.6. The SMILES string of the molecule is N#Cc1ccc(F)c(C[C@H](N)c2ccccc2-c2noc3cc(Cl)ccc23)n1. The molecule has 4 rings (SSSR count). The van der Waals surface area contributed by atoms with Gasteiger partial charge in [0.15, 0.2) is 5.58 Å². The molecule has 5 nitrogen and oxygen atoms in total. The third-order valence-electron chi connectivity index (χ3n) is 4.50. The van der Waals surface area contributed by atoms with Crippen molar-refractivity contribution in [3.05, 3.63) is 82.4 Å². The summed E-state index contributed by atoms with van der Waals surface area (Å²) in [7, 11) is 0. The molecule has 0 aliphatic rings. The normalized spacial score (nSPS) is 12.1. The quantitative estimate of drug-likeness (QED) is 0.539. The Labute approximate surface area is 165 Å². The summed E-state index contributed by atoms with van der Waals surface area (Å²) in [6.07, 6.45) is 0.139. The highest BCUT2D eigenvalue weighted by Gasteiger charge is 2.19. The second-order valence-corrected chi connectivity index (χ2v) is 6.74. The number of nitrogens with two attached hydrogens (primary N) is 1. The minimum atomic E-state index is -0.550. The van der Waals surface area contributed by atoms with Gasteiger partial charge in [-0.05, 0) is 29.8 Å². The second-order valence-electron chi connectivity index (χ2n) is 6.31. The summed E-state index contributed by atoms with van der Waals surface area (Å²) in [5.41, 5.74) is 9.46. The fraction of sp³-hybridized carbons (Fsp3) is 0.0952. The number of benzene rings is 2. The minimum Gasteiger partial charge on any atom is -0.356 e. The van der Waals surface area contributed by atoms with Gasteiger partial charge in [0.25, 0.3) is 0 Å². The molecular formula is C21H14ClFN4O. The van der Waals surface area contributed by atoms with Gasteiger partial charge in [-0.15, -0.1) is 0 Å². The average Bonchev–Trinajstić information content (AvgIpc) is 3.12. The molecule has 2 N–H and O–H groups in total. The average molecular weight is 393 g/mol. The molecule has 0 aliphatic carbocycles. The van der Waals surface area contributed by atoms with E-state index in [1.165, 1.54) is 12.1 Å². The molecule has 0 saturated heterocycles. The predicted molar refractivity (Wildman–Crippen MR) is 104 cm³/mol. The van der Waals surface area contributed by atoms with Gasteiger partial charge in [0.2, 0.25) is 0 Å². The molecule has 138 valence electrons. The molecule has 0 saturated carbocycles. The fourth-order valence-electron chi connectivity index (χ4n) is 3.15. The monoisotopic (exact) mass is 392 g/mol. The van der Waals surface area contributed by atoms with Crippen molar-refractivity contribution in [2.45, 2.75) is 12.5 Å². The maximum atomic E-state index is 14.1. The maximum absolute atomic E-state index is 14.1.